The third-order valence-corrected chi connectivity index (χ3v) is 5.95. The van der Waals surface area contributed by atoms with Crippen molar-refractivity contribution in [1.29, 1.82) is 0 Å². The summed E-state index contributed by atoms with van der Waals surface area (Å²) in [6.45, 7) is -0.749. The molecule has 0 bridgehead atoms. The summed E-state index contributed by atoms with van der Waals surface area (Å²) in [6.07, 6.45) is 0.747. The molecule has 0 spiro atoms. The Morgan fingerprint density at radius 1 is 0.964 bits per heavy atom. The van der Waals surface area contributed by atoms with Gasteiger partial charge in [0, 0.05) is 22.3 Å². The SMILES string of the molecule is Cc1ccc(C2=Nc3ccccc3SC(c3ccc(OC(F)F)cc3)C2)cc1. The standard InChI is InChI=1S/C23H19F2NOS/c1-15-6-8-16(9-7-15)20-14-22(28-21-5-3-2-4-19(21)26-20)17-10-12-18(13-11-17)27-23(24)25/h2-13,22-23H,14H2,1H3. The number of fused-ring (bicyclic) bond motifs is 1. The van der Waals surface area contributed by atoms with Crippen LogP contribution in [0.5, 0.6) is 5.75 Å². The predicted molar refractivity (Wildman–Crippen MR) is 110 cm³/mol. The monoisotopic (exact) mass is 395 g/mol. The van der Waals surface area contributed by atoms with Crippen molar-refractivity contribution in [2.45, 2.75) is 30.1 Å². The minimum Gasteiger partial charge on any atom is -0.435 e. The second-order valence-corrected chi connectivity index (χ2v) is 7.89. The van der Waals surface area contributed by atoms with Gasteiger partial charge in [0.1, 0.15) is 5.75 Å². The number of halogens is 2. The molecule has 1 atom stereocenters. The van der Waals surface area contributed by atoms with Crippen molar-refractivity contribution in [1.82, 2.24) is 0 Å². The summed E-state index contributed by atoms with van der Waals surface area (Å²) >= 11 is 1.75. The maximum atomic E-state index is 12.4. The van der Waals surface area contributed by atoms with Crippen LogP contribution >= 0.6 is 11.8 Å². The van der Waals surface area contributed by atoms with Crippen molar-refractivity contribution in [2.24, 2.45) is 4.99 Å². The number of hydrogen-bond acceptors (Lipinski definition) is 3. The van der Waals surface area contributed by atoms with E-state index in [-0.39, 0.29) is 11.0 Å². The summed E-state index contributed by atoms with van der Waals surface area (Å²) in [7, 11) is 0. The fourth-order valence-electron chi connectivity index (χ4n) is 3.19. The van der Waals surface area contributed by atoms with Crippen molar-refractivity contribution in [3.63, 3.8) is 0 Å². The lowest BCUT2D eigenvalue weighted by Gasteiger charge is -2.17. The van der Waals surface area contributed by atoms with Crippen LogP contribution in [-0.2, 0) is 0 Å². The van der Waals surface area contributed by atoms with Crippen LogP contribution in [-0.4, -0.2) is 12.3 Å². The number of hydrogen-bond donors (Lipinski definition) is 0. The summed E-state index contributed by atoms with van der Waals surface area (Å²) in [5.41, 5.74) is 5.35. The Bertz CT molecular complexity index is 984. The van der Waals surface area contributed by atoms with Crippen LogP contribution in [0.2, 0.25) is 0 Å². The van der Waals surface area contributed by atoms with Crippen LogP contribution in [0.15, 0.2) is 82.7 Å². The van der Waals surface area contributed by atoms with Gasteiger partial charge in [0.15, 0.2) is 0 Å². The Kier molecular flexibility index (Phi) is 5.44. The minimum absolute atomic E-state index is 0.129. The first-order valence-corrected chi connectivity index (χ1v) is 9.91. The molecule has 2 nitrogen and oxygen atoms in total. The van der Waals surface area contributed by atoms with Crippen LogP contribution in [0.25, 0.3) is 0 Å². The van der Waals surface area contributed by atoms with Crippen LogP contribution in [0.3, 0.4) is 0 Å². The zero-order chi connectivity index (χ0) is 19.5. The molecule has 1 aliphatic rings. The van der Waals surface area contributed by atoms with Crippen LogP contribution in [0, 0.1) is 6.92 Å². The van der Waals surface area contributed by atoms with E-state index in [1.807, 2.05) is 30.3 Å². The molecule has 0 aromatic heterocycles. The van der Waals surface area contributed by atoms with Crippen molar-refractivity contribution in [2.75, 3.05) is 0 Å². The van der Waals surface area contributed by atoms with E-state index in [4.69, 9.17) is 4.99 Å². The van der Waals surface area contributed by atoms with Gasteiger partial charge in [-0.05, 0) is 42.3 Å². The number of rotatable bonds is 4. The van der Waals surface area contributed by atoms with E-state index < -0.39 is 6.61 Å². The molecule has 3 aromatic carbocycles. The topological polar surface area (TPSA) is 21.6 Å². The normalized spacial score (nSPS) is 16.3. The number of ether oxygens (including phenoxy) is 1. The van der Waals surface area contributed by atoms with Gasteiger partial charge in [-0.1, -0.05) is 54.1 Å². The van der Waals surface area contributed by atoms with Gasteiger partial charge in [-0.3, -0.25) is 4.99 Å². The van der Waals surface area contributed by atoms with Gasteiger partial charge in [-0.2, -0.15) is 8.78 Å². The maximum absolute atomic E-state index is 12.4. The van der Waals surface area contributed by atoms with E-state index >= 15 is 0 Å². The fraction of sp³-hybridized carbons (Fsp3) is 0.174. The first kappa shape index (κ1) is 18.7. The molecule has 0 N–H and O–H groups in total. The zero-order valence-electron chi connectivity index (χ0n) is 15.3. The number of aliphatic imine (C=N–C) groups is 1. The van der Waals surface area contributed by atoms with Gasteiger partial charge in [0.25, 0.3) is 0 Å². The number of benzene rings is 3. The Labute approximate surface area is 167 Å². The summed E-state index contributed by atoms with van der Waals surface area (Å²) in [4.78, 5) is 6.06. The van der Waals surface area contributed by atoms with Crippen LogP contribution in [0.4, 0.5) is 14.5 Å². The maximum Gasteiger partial charge on any atom is 0.387 e. The number of alkyl halides is 2. The lowest BCUT2D eigenvalue weighted by atomic mass is 10.0. The lowest BCUT2D eigenvalue weighted by Crippen LogP contribution is -2.06. The van der Waals surface area contributed by atoms with E-state index in [1.54, 1.807) is 23.9 Å². The number of para-hydroxylation sites is 1. The highest BCUT2D eigenvalue weighted by atomic mass is 32.2. The van der Waals surface area contributed by atoms with Crippen molar-refractivity contribution < 1.29 is 13.5 Å². The molecule has 0 radical (unpaired) electrons. The Balaban J connectivity index is 1.69. The molecule has 0 saturated heterocycles. The second-order valence-electron chi connectivity index (χ2n) is 6.65. The molecule has 0 aliphatic carbocycles. The van der Waals surface area contributed by atoms with Crippen LogP contribution in [0.1, 0.15) is 28.4 Å². The first-order chi connectivity index (χ1) is 13.6. The molecular weight excluding hydrogens is 376 g/mol. The smallest absolute Gasteiger partial charge is 0.387 e. The quantitative estimate of drug-likeness (QED) is 0.476. The average molecular weight is 395 g/mol. The van der Waals surface area contributed by atoms with Crippen molar-refractivity contribution in [3.05, 3.63) is 89.5 Å². The molecule has 0 amide bonds. The lowest BCUT2D eigenvalue weighted by molar-refractivity contribution is -0.0498. The third kappa shape index (κ3) is 4.25. The van der Waals surface area contributed by atoms with Crippen molar-refractivity contribution in [3.8, 4) is 5.75 Å². The molecule has 28 heavy (non-hydrogen) atoms. The summed E-state index contributed by atoms with van der Waals surface area (Å²) < 4.78 is 29.3. The fourth-order valence-corrected chi connectivity index (χ4v) is 4.42. The van der Waals surface area contributed by atoms with Gasteiger partial charge >= 0.3 is 6.61 Å². The third-order valence-electron chi connectivity index (χ3n) is 4.63. The predicted octanol–water partition coefficient (Wildman–Crippen LogP) is 6.95. The van der Waals surface area contributed by atoms with Gasteiger partial charge in [0.05, 0.1) is 5.69 Å². The van der Waals surface area contributed by atoms with Gasteiger partial charge in [0.2, 0.25) is 0 Å². The summed E-state index contributed by atoms with van der Waals surface area (Å²) in [6, 6.07) is 23.4. The number of nitrogens with zero attached hydrogens (tertiary/aromatic N) is 1. The molecule has 3 aromatic rings. The molecule has 1 unspecified atom stereocenters. The molecular formula is C23H19F2NOS. The summed E-state index contributed by atoms with van der Waals surface area (Å²) in [5, 5.41) is 0.129. The minimum atomic E-state index is -2.81. The van der Waals surface area contributed by atoms with Gasteiger partial charge < -0.3 is 4.74 Å². The number of aryl methyl sites for hydroxylation is 1. The average Bonchev–Trinajstić information content (AvgIpc) is 2.88. The molecule has 0 fully saturated rings. The second kappa shape index (κ2) is 8.15. The highest BCUT2D eigenvalue weighted by Gasteiger charge is 2.22. The molecule has 142 valence electrons. The summed E-state index contributed by atoms with van der Waals surface area (Å²) in [5.74, 6) is 0.171. The Morgan fingerprint density at radius 2 is 1.68 bits per heavy atom. The van der Waals surface area contributed by atoms with E-state index in [9.17, 15) is 8.78 Å². The Hall–Kier alpha value is -2.66. The zero-order valence-corrected chi connectivity index (χ0v) is 16.1. The van der Waals surface area contributed by atoms with Crippen molar-refractivity contribution >= 4 is 23.2 Å². The highest BCUT2D eigenvalue weighted by Crippen LogP contribution is 2.45. The largest absolute Gasteiger partial charge is 0.435 e. The van der Waals surface area contributed by atoms with Gasteiger partial charge in [-0.25, -0.2) is 0 Å². The van der Waals surface area contributed by atoms with Gasteiger partial charge in [-0.15, -0.1) is 11.8 Å². The van der Waals surface area contributed by atoms with Crippen LogP contribution < -0.4 is 4.74 Å². The van der Waals surface area contributed by atoms with E-state index in [0.29, 0.717) is 0 Å². The Morgan fingerprint density at radius 3 is 2.39 bits per heavy atom. The van der Waals surface area contributed by atoms with E-state index in [2.05, 4.69) is 42.0 Å². The molecule has 1 heterocycles. The molecule has 0 saturated carbocycles. The number of thioether (sulfide) groups is 1. The highest BCUT2D eigenvalue weighted by molar-refractivity contribution is 7.99. The molecule has 1 aliphatic heterocycles. The van der Waals surface area contributed by atoms with E-state index in [0.717, 1.165) is 33.8 Å². The molecule has 5 heteroatoms. The first-order valence-electron chi connectivity index (χ1n) is 9.03. The van der Waals surface area contributed by atoms with E-state index in [1.165, 1.54) is 5.56 Å². The molecule has 4 rings (SSSR count).